The van der Waals surface area contributed by atoms with E-state index in [-0.39, 0.29) is 11.7 Å². The summed E-state index contributed by atoms with van der Waals surface area (Å²) in [6.07, 6.45) is 2.82. The third-order valence-corrected chi connectivity index (χ3v) is 4.03. The number of hydrogen-bond donors (Lipinski definition) is 0. The summed E-state index contributed by atoms with van der Waals surface area (Å²) in [5, 5.41) is 10.8. The SMILES string of the molecule is CCOC(=O)C(C)=C1CCN(c2ncc([N+](=O)[O-])cc2C)CC1. The van der Waals surface area contributed by atoms with Crippen molar-refractivity contribution in [1.29, 1.82) is 0 Å². The van der Waals surface area contributed by atoms with Crippen LogP contribution in [0.15, 0.2) is 23.4 Å². The summed E-state index contributed by atoms with van der Waals surface area (Å²) >= 11 is 0. The predicted molar refractivity (Wildman–Crippen MR) is 86.4 cm³/mol. The van der Waals surface area contributed by atoms with E-state index in [0.29, 0.717) is 12.2 Å². The Bertz CT molecular complexity index is 645. The van der Waals surface area contributed by atoms with Gasteiger partial charge < -0.3 is 9.64 Å². The van der Waals surface area contributed by atoms with Crippen molar-refractivity contribution in [2.45, 2.75) is 33.6 Å². The molecular weight excluding hydrogens is 298 g/mol. The van der Waals surface area contributed by atoms with Crippen molar-refractivity contribution >= 4 is 17.5 Å². The Morgan fingerprint density at radius 2 is 2.09 bits per heavy atom. The molecule has 0 spiro atoms. The smallest absolute Gasteiger partial charge is 0.333 e. The molecule has 1 aromatic heterocycles. The van der Waals surface area contributed by atoms with Gasteiger partial charge in [-0.05, 0) is 39.2 Å². The number of rotatable bonds is 4. The predicted octanol–water partition coefficient (Wildman–Crippen LogP) is 2.78. The second-order valence-electron chi connectivity index (χ2n) is 5.53. The summed E-state index contributed by atoms with van der Waals surface area (Å²) in [5.41, 5.74) is 2.59. The molecule has 7 nitrogen and oxygen atoms in total. The van der Waals surface area contributed by atoms with Gasteiger partial charge >= 0.3 is 5.97 Å². The topological polar surface area (TPSA) is 85.6 Å². The van der Waals surface area contributed by atoms with Gasteiger partial charge in [0, 0.05) is 24.7 Å². The van der Waals surface area contributed by atoms with Gasteiger partial charge in [0.2, 0.25) is 0 Å². The van der Waals surface area contributed by atoms with E-state index in [4.69, 9.17) is 4.74 Å². The van der Waals surface area contributed by atoms with Gasteiger partial charge in [-0.15, -0.1) is 0 Å². The van der Waals surface area contributed by atoms with Crippen molar-refractivity contribution in [1.82, 2.24) is 4.98 Å². The molecule has 1 aliphatic rings. The second kappa shape index (κ2) is 7.21. The second-order valence-corrected chi connectivity index (χ2v) is 5.53. The minimum Gasteiger partial charge on any atom is -0.463 e. The average Bonchev–Trinajstić information content (AvgIpc) is 2.54. The molecule has 0 N–H and O–H groups in total. The highest BCUT2D eigenvalue weighted by atomic mass is 16.6. The van der Waals surface area contributed by atoms with Gasteiger partial charge in [0.05, 0.1) is 11.5 Å². The minimum absolute atomic E-state index is 0.00185. The molecule has 2 heterocycles. The number of aryl methyl sites for hydroxylation is 1. The van der Waals surface area contributed by atoms with E-state index >= 15 is 0 Å². The third-order valence-electron chi connectivity index (χ3n) is 4.03. The maximum atomic E-state index is 11.8. The van der Waals surface area contributed by atoms with E-state index in [0.717, 1.165) is 42.9 Å². The van der Waals surface area contributed by atoms with Crippen LogP contribution in [0.3, 0.4) is 0 Å². The monoisotopic (exact) mass is 319 g/mol. The number of nitrogens with zero attached hydrogens (tertiary/aromatic N) is 3. The number of carbonyl (C=O) groups excluding carboxylic acids is 1. The fourth-order valence-corrected chi connectivity index (χ4v) is 2.73. The van der Waals surface area contributed by atoms with Crippen LogP contribution in [0.1, 0.15) is 32.3 Å². The van der Waals surface area contributed by atoms with Crippen molar-refractivity contribution < 1.29 is 14.5 Å². The Labute approximate surface area is 135 Å². The number of aromatic nitrogens is 1. The third kappa shape index (κ3) is 3.85. The molecule has 0 aliphatic carbocycles. The number of pyridine rings is 1. The summed E-state index contributed by atoms with van der Waals surface area (Å²) in [7, 11) is 0. The van der Waals surface area contributed by atoms with Crippen molar-refractivity contribution in [3.63, 3.8) is 0 Å². The van der Waals surface area contributed by atoms with Crippen molar-refractivity contribution in [3.05, 3.63) is 39.1 Å². The molecule has 0 radical (unpaired) electrons. The zero-order valence-electron chi connectivity index (χ0n) is 13.7. The zero-order chi connectivity index (χ0) is 17.0. The minimum atomic E-state index is -0.441. The Morgan fingerprint density at radius 1 is 1.43 bits per heavy atom. The largest absolute Gasteiger partial charge is 0.463 e. The van der Waals surface area contributed by atoms with Gasteiger partial charge in [0.1, 0.15) is 12.0 Å². The lowest BCUT2D eigenvalue weighted by Gasteiger charge is -2.31. The molecule has 1 saturated heterocycles. The molecule has 23 heavy (non-hydrogen) atoms. The summed E-state index contributed by atoms with van der Waals surface area (Å²) in [6, 6.07) is 1.54. The van der Waals surface area contributed by atoms with Gasteiger partial charge in [0.25, 0.3) is 5.69 Å². The van der Waals surface area contributed by atoms with E-state index in [1.807, 2.05) is 6.92 Å². The highest BCUT2D eigenvalue weighted by Crippen LogP contribution is 2.27. The fourth-order valence-electron chi connectivity index (χ4n) is 2.73. The van der Waals surface area contributed by atoms with Crippen molar-refractivity contribution in [3.8, 4) is 0 Å². The van der Waals surface area contributed by atoms with Gasteiger partial charge in [-0.3, -0.25) is 10.1 Å². The molecule has 0 atom stereocenters. The number of piperidine rings is 1. The molecule has 0 unspecified atom stereocenters. The molecule has 0 saturated carbocycles. The van der Waals surface area contributed by atoms with Crippen LogP contribution in [0.4, 0.5) is 11.5 Å². The first-order valence-electron chi connectivity index (χ1n) is 7.65. The number of anilines is 1. The molecule has 0 bridgehead atoms. The normalized spacial score (nSPS) is 14.6. The number of nitro groups is 1. The van der Waals surface area contributed by atoms with E-state index in [9.17, 15) is 14.9 Å². The lowest BCUT2D eigenvalue weighted by molar-refractivity contribution is -0.385. The Balaban J connectivity index is 2.09. The highest BCUT2D eigenvalue weighted by Gasteiger charge is 2.21. The van der Waals surface area contributed by atoms with E-state index in [1.165, 1.54) is 12.3 Å². The maximum Gasteiger partial charge on any atom is 0.333 e. The van der Waals surface area contributed by atoms with Crippen molar-refractivity contribution in [2.75, 3.05) is 24.6 Å². The summed E-state index contributed by atoms with van der Waals surface area (Å²) in [6.45, 7) is 7.27. The fraction of sp³-hybridized carbons (Fsp3) is 0.500. The van der Waals surface area contributed by atoms with E-state index in [1.54, 1.807) is 13.8 Å². The number of hydrogen-bond acceptors (Lipinski definition) is 6. The van der Waals surface area contributed by atoms with Crippen LogP contribution < -0.4 is 4.90 Å². The van der Waals surface area contributed by atoms with Crippen LogP contribution in [0, 0.1) is 17.0 Å². The molecule has 1 aliphatic heterocycles. The number of ether oxygens (including phenoxy) is 1. The molecule has 0 amide bonds. The van der Waals surface area contributed by atoms with Crippen LogP contribution in [0.5, 0.6) is 0 Å². The molecule has 0 aromatic carbocycles. The Hall–Kier alpha value is -2.44. The zero-order valence-corrected chi connectivity index (χ0v) is 13.7. The average molecular weight is 319 g/mol. The first-order valence-corrected chi connectivity index (χ1v) is 7.65. The highest BCUT2D eigenvalue weighted by molar-refractivity contribution is 5.88. The summed E-state index contributed by atoms with van der Waals surface area (Å²) in [4.78, 5) is 28.4. The molecular formula is C16H21N3O4. The first-order chi connectivity index (χ1) is 10.9. The lowest BCUT2D eigenvalue weighted by atomic mass is 9.98. The molecule has 1 aromatic rings. The first kappa shape index (κ1) is 16.9. The standard InChI is InChI=1S/C16H21N3O4/c1-4-23-16(20)12(3)13-5-7-18(8-6-13)15-11(2)9-14(10-17-15)19(21)22/h9-10H,4-8H2,1-3H3. The molecule has 1 fully saturated rings. The van der Waals surface area contributed by atoms with Crippen LogP contribution in [-0.2, 0) is 9.53 Å². The quantitative estimate of drug-likeness (QED) is 0.367. The van der Waals surface area contributed by atoms with Crippen molar-refractivity contribution in [2.24, 2.45) is 0 Å². The maximum absolute atomic E-state index is 11.8. The summed E-state index contributed by atoms with van der Waals surface area (Å²) < 4.78 is 5.04. The van der Waals surface area contributed by atoms with Crippen LogP contribution in [-0.4, -0.2) is 35.6 Å². The molecule has 7 heteroatoms. The van der Waals surface area contributed by atoms with Gasteiger partial charge in [-0.2, -0.15) is 0 Å². The Morgan fingerprint density at radius 3 is 2.61 bits per heavy atom. The van der Waals surface area contributed by atoms with Gasteiger partial charge in [-0.1, -0.05) is 5.57 Å². The molecule has 2 rings (SSSR count). The lowest BCUT2D eigenvalue weighted by Crippen LogP contribution is -2.32. The van der Waals surface area contributed by atoms with E-state index < -0.39 is 4.92 Å². The number of carbonyl (C=O) groups is 1. The van der Waals surface area contributed by atoms with Crippen LogP contribution in [0.2, 0.25) is 0 Å². The Kier molecular flexibility index (Phi) is 5.31. The number of esters is 1. The van der Waals surface area contributed by atoms with Gasteiger partial charge in [0.15, 0.2) is 0 Å². The molecule has 124 valence electrons. The van der Waals surface area contributed by atoms with E-state index in [2.05, 4.69) is 9.88 Å². The summed E-state index contributed by atoms with van der Waals surface area (Å²) in [5.74, 6) is 0.518. The van der Waals surface area contributed by atoms with Crippen LogP contribution >= 0.6 is 0 Å². The van der Waals surface area contributed by atoms with Gasteiger partial charge in [-0.25, -0.2) is 9.78 Å². The van der Waals surface area contributed by atoms with Crippen LogP contribution in [0.25, 0.3) is 0 Å².